The Morgan fingerprint density at radius 3 is 2.76 bits per heavy atom. The van der Waals surface area contributed by atoms with Crippen molar-refractivity contribution in [1.29, 1.82) is 0 Å². The number of ether oxygens (including phenoxy) is 2. The number of methoxy groups -OCH3 is 1. The van der Waals surface area contributed by atoms with Crippen LogP contribution >= 0.6 is 0 Å². The van der Waals surface area contributed by atoms with Crippen LogP contribution in [-0.4, -0.2) is 36.5 Å². The normalized spacial score (nSPS) is 53.8. The molecule has 5 fully saturated rings. The summed E-state index contributed by atoms with van der Waals surface area (Å²) in [7, 11) is 1.49. The molecular weight excluding hydrogens is 364 g/mol. The first-order valence-electron chi connectivity index (χ1n) is 12.2. The maximum atomic E-state index is 11.7. The molecule has 4 nitrogen and oxygen atoms in total. The number of fused-ring (bicyclic) bond motifs is 8. The van der Waals surface area contributed by atoms with Gasteiger partial charge >= 0.3 is 5.97 Å². The fraction of sp³-hybridized carbons (Fsp3) is 0.960. The molecule has 11 atom stereocenters. The molecule has 4 aliphatic carbocycles. The van der Waals surface area contributed by atoms with Crippen molar-refractivity contribution < 1.29 is 19.4 Å². The first-order valence-corrected chi connectivity index (χ1v) is 12.2. The van der Waals surface area contributed by atoms with Crippen LogP contribution < -0.4 is 0 Å². The molecule has 1 N–H and O–H groups in total. The van der Waals surface area contributed by atoms with Gasteiger partial charge in [0.05, 0.1) is 25.4 Å². The number of carbonyl (C=O) groups is 1. The Hall–Kier alpha value is -0.610. The van der Waals surface area contributed by atoms with E-state index in [0.717, 1.165) is 31.1 Å². The fourth-order valence-electron chi connectivity index (χ4n) is 9.21. The van der Waals surface area contributed by atoms with Crippen molar-refractivity contribution in [2.75, 3.05) is 7.11 Å². The first-order chi connectivity index (χ1) is 13.8. The summed E-state index contributed by atoms with van der Waals surface area (Å²) < 4.78 is 11.5. The molecule has 0 unspecified atom stereocenters. The summed E-state index contributed by atoms with van der Waals surface area (Å²) in [5, 5.41) is 10.3. The van der Waals surface area contributed by atoms with Gasteiger partial charge in [-0.1, -0.05) is 20.8 Å². The lowest BCUT2D eigenvalue weighted by molar-refractivity contribution is -0.141. The third kappa shape index (κ3) is 2.87. The lowest BCUT2D eigenvalue weighted by Crippen LogP contribution is -2.57. The van der Waals surface area contributed by atoms with Crippen LogP contribution in [0.1, 0.15) is 78.6 Å². The SMILES string of the molecule is COC(=O)CC[C@H](C)[C@H]1CC[C@H]2[C@@H]3CC[C@H]4C[C@@H](O)CC[C@]4(C)[C@H]3[C@@H]3O[C@@H]3[C@]12C. The summed E-state index contributed by atoms with van der Waals surface area (Å²) in [6.45, 7) is 7.42. The van der Waals surface area contributed by atoms with Crippen LogP contribution in [0.3, 0.4) is 0 Å². The van der Waals surface area contributed by atoms with Crippen LogP contribution in [0.15, 0.2) is 0 Å². The van der Waals surface area contributed by atoms with Crippen LogP contribution in [0, 0.1) is 46.3 Å². The molecule has 4 heteroatoms. The minimum Gasteiger partial charge on any atom is -0.469 e. The predicted molar refractivity (Wildman–Crippen MR) is 111 cm³/mol. The number of carbonyl (C=O) groups excluding carboxylic acids is 1. The molecule has 0 aromatic heterocycles. The Kier molecular flexibility index (Phi) is 4.87. The Morgan fingerprint density at radius 1 is 1.21 bits per heavy atom. The maximum absolute atomic E-state index is 11.7. The summed E-state index contributed by atoms with van der Waals surface area (Å²) in [4.78, 5) is 11.7. The molecule has 1 aliphatic heterocycles. The van der Waals surface area contributed by atoms with E-state index in [1.165, 1.54) is 39.2 Å². The second-order valence-electron chi connectivity index (χ2n) is 11.7. The summed E-state index contributed by atoms with van der Waals surface area (Å²) >= 11 is 0. The second-order valence-corrected chi connectivity index (χ2v) is 11.7. The standard InChI is InChI=1S/C25H40O4/c1-14(5-10-20(27)28-4)18-8-9-19-17-7-6-15-13-16(26)11-12-24(15,2)21(17)22-23(29-22)25(18,19)3/h14-19,21-23,26H,5-13H2,1-4H3/t14-,15-,16-,17-,18+,19-,21+,22-,23-,24-,25+/m0/s1. The Morgan fingerprint density at radius 2 is 2.00 bits per heavy atom. The monoisotopic (exact) mass is 404 g/mol. The zero-order valence-corrected chi connectivity index (χ0v) is 18.7. The van der Waals surface area contributed by atoms with Crippen molar-refractivity contribution >= 4 is 5.97 Å². The van der Waals surface area contributed by atoms with Gasteiger partial charge in [-0.05, 0) is 92.3 Å². The zero-order valence-electron chi connectivity index (χ0n) is 18.7. The highest BCUT2D eigenvalue weighted by molar-refractivity contribution is 5.69. The molecule has 4 saturated carbocycles. The highest BCUT2D eigenvalue weighted by Crippen LogP contribution is 2.73. The van der Waals surface area contributed by atoms with E-state index in [9.17, 15) is 9.90 Å². The van der Waals surface area contributed by atoms with E-state index in [4.69, 9.17) is 9.47 Å². The van der Waals surface area contributed by atoms with Gasteiger partial charge in [-0.2, -0.15) is 0 Å². The van der Waals surface area contributed by atoms with E-state index in [1.54, 1.807) is 0 Å². The highest BCUT2D eigenvalue weighted by Gasteiger charge is 2.73. The number of esters is 1. The summed E-state index contributed by atoms with van der Waals surface area (Å²) in [5.41, 5.74) is 0.635. The largest absolute Gasteiger partial charge is 0.469 e. The van der Waals surface area contributed by atoms with Crippen molar-refractivity contribution in [2.24, 2.45) is 46.3 Å². The minimum atomic E-state index is -0.0825. The molecule has 29 heavy (non-hydrogen) atoms. The lowest BCUT2D eigenvalue weighted by Gasteiger charge is -2.59. The summed E-state index contributed by atoms with van der Waals surface area (Å²) in [5.74, 6) is 4.06. The van der Waals surface area contributed by atoms with E-state index in [2.05, 4.69) is 20.8 Å². The predicted octanol–water partition coefficient (Wildman–Crippen LogP) is 4.58. The van der Waals surface area contributed by atoms with Gasteiger partial charge in [0.2, 0.25) is 0 Å². The molecule has 0 radical (unpaired) electrons. The number of epoxide rings is 1. The molecule has 5 rings (SSSR count). The number of hydrogen-bond donors (Lipinski definition) is 1. The van der Waals surface area contributed by atoms with Crippen LogP contribution in [0.2, 0.25) is 0 Å². The third-order valence-electron chi connectivity index (χ3n) is 10.7. The van der Waals surface area contributed by atoms with Gasteiger partial charge in [0.25, 0.3) is 0 Å². The third-order valence-corrected chi connectivity index (χ3v) is 10.7. The van der Waals surface area contributed by atoms with Gasteiger partial charge in [0.15, 0.2) is 0 Å². The molecule has 0 aromatic carbocycles. The molecule has 1 heterocycles. The molecule has 0 amide bonds. The van der Waals surface area contributed by atoms with Crippen molar-refractivity contribution in [3.05, 3.63) is 0 Å². The molecular formula is C25H40O4. The van der Waals surface area contributed by atoms with E-state index in [1.807, 2.05) is 0 Å². The first kappa shape index (κ1) is 20.3. The van der Waals surface area contributed by atoms with E-state index in [-0.39, 0.29) is 17.5 Å². The summed E-state index contributed by atoms with van der Waals surface area (Å²) in [6, 6.07) is 0. The van der Waals surface area contributed by atoms with Gasteiger partial charge in [0.1, 0.15) is 0 Å². The van der Waals surface area contributed by atoms with Crippen molar-refractivity contribution in [3.63, 3.8) is 0 Å². The van der Waals surface area contributed by atoms with Crippen LogP contribution in [0.5, 0.6) is 0 Å². The Labute approximate surface area is 176 Å². The topological polar surface area (TPSA) is 59.1 Å². The van der Waals surface area contributed by atoms with Gasteiger partial charge < -0.3 is 14.6 Å². The number of aliphatic hydroxyl groups is 1. The van der Waals surface area contributed by atoms with Gasteiger partial charge in [-0.3, -0.25) is 4.79 Å². The molecule has 1 saturated heterocycles. The van der Waals surface area contributed by atoms with E-state index < -0.39 is 0 Å². The van der Waals surface area contributed by atoms with Gasteiger partial charge in [-0.15, -0.1) is 0 Å². The van der Waals surface area contributed by atoms with Crippen LogP contribution in [-0.2, 0) is 14.3 Å². The highest BCUT2D eigenvalue weighted by atomic mass is 16.6. The maximum Gasteiger partial charge on any atom is 0.305 e. The molecule has 0 bridgehead atoms. The van der Waals surface area contributed by atoms with Crippen molar-refractivity contribution in [2.45, 2.75) is 96.9 Å². The Balaban J connectivity index is 1.37. The molecule has 0 aromatic rings. The minimum absolute atomic E-state index is 0.0773. The number of aliphatic hydroxyl groups excluding tert-OH is 1. The van der Waals surface area contributed by atoms with Gasteiger partial charge in [-0.25, -0.2) is 0 Å². The summed E-state index contributed by atoms with van der Waals surface area (Å²) in [6.07, 6.45) is 10.7. The van der Waals surface area contributed by atoms with E-state index >= 15 is 0 Å². The van der Waals surface area contributed by atoms with Crippen LogP contribution in [0.4, 0.5) is 0 Å². The van der Waals surface area contributed by atoms with Crippen molar-refractivity contribution in [1.82, 2.24) is 0 Å². The Bertz CT molecular complexity index is 663. The van der Waals surface area contributed by atoms with Gasteiger partial charge in [0, 0.05) is 11.8 Å². The lowest BCUT2D eigenvalue weighted by atomic mass is 9.44. The average molecular weight is 405 g/mol. The van der Waals surface area contributed by atoms with Crippen molar-refractivity contribution in [3.8, 4) is 0 Å². The second kappa shape index (κ2) is 6.95. The molecule has 0 spiro atoms. The smallest absolute Gasteiger partial charge is 0.305 e. The number of hydrogen-bond acceptors (Lipinski definition) is 4. The average Bonchev–Trinajstić information content (AvgIpc) is 3.42. The quantitative estimate of drug-likeness (QED) is 0.550. The zero-order chi connectivity index (χ0) is 20.6. The molecule has 164 valence electrons. The number of rotatable bonds is 4. The molecule has 5 aliphatic rings. The van der Waals surface area contributed by atoms with Crippen LogP contribution in [0.25, 0.3) is 0 Å². The van der Waals surface area contributed by atoms with E-state index in [0.29, 0.717) is 47.7 Å². The fourth-order valence-corrected chi connectivity index (χ4v) is 9.21.